The van der Waals surface area contributed by atoms with Crippen molar-refractivity contribution in [2.75, 3.05) is 19.8 Å². The molecule has 0 bridgehead atoms. The van der Waals surface area contributed by atoms with Crippen LogP contribution in [0.2, 0.25) is 10.0 Å². The minimum atomic E-state index is -0.217. The van der Waals surface area contributed by atoms with Crippen LogP contribution in [0, 0.1) is 5.41 Å². The van der Waals surface area contributed by atoms with Gasteiger partial charge in [-0.1, -0.05) is 23.2 Å². The van der Waals surface area contributed by atoms with Crippen LogP contribution in [0.4, 0.5) is 0 Å². The molecule has 2 rings (SSSR count). The van der Waals surface area contributed by atoms with Gasteiger partial charge in [0.15, 0.2) is 6.61 Å². The molecule has 0 unspecified atom stereocenters. The molecular formula is C13H15Cl2NO3. The molecule has 2 N–H and O–H groups in total. The fourth-order valence-corrected chi connectivity index (χ4v) is 1.91. The average molecular weight is 304 g/mol. The van der Waals surface area contributed by atoms with Gasteiger partial charge in [0.1, 0.15) is 5.75 Å². The van der Waals surface area contributed by atoms with Crippen LogP contribution in [-0.4, -0.2) is 30.8 Å². The molecule has 0 heterocycles. The first-order valence-corrected chi connectivity index (χ1v) is 6.76. The predicted molar refractivity (Wildman–Crippen MR) is 73.7 cm³/mol. The molecule has 0 saturated heterocycles. The number of carbonyl (C=O) groups is 1. The van der Waals surface area contributed by atoms with Gasteiger partial charge in [-0.15, -0.1) is 0 Å². The number of rotatable bonds is 6. The van der Waals surface area contributed by atoms with Crippen LogP contribution in [0.1, 0.15) is 12.8 Å². The van der Waals surface area contributed by atoms with Crippen LogP contribution in [0.3, 0.4) is 0 Å². The molecule has 1 aliphatic carbocycles. The molecular weight excluding hydrogens is 289 g/mol. The van der Waals surface area contributed by atoms with Crippen molar-refractivity contribution in [3.05, 3.63) is 28.2 Å². The minimum Gasteiger partial charge on any atom is -0.484 e. The lowest BCUT2D eigenvalue weighted by Gasteiger charge is -2.13. The number of benzene rings is 1. The van der Waals surface area contributed by atoms with Gasteiger partial charge in [-0.2, -0.15) is 0 Å². The average Bonchev–Trinajstić information content (AvgIpc) is 3.18. The standard InChI is InChI=1S/C13H15Cl2NO3/c14-10-2-1-9(5-11(10)15)19-6-12(18)16-7-13(8-17)3-4-13/h1-2,5,17H,3-4,6-8H2,(H,16,18). The number of hydrogen-bond acceptors (Lipinski definition) is 3. The summed E-state index contributed by atoms with van der Waals surface area (Å²) < 4.78 is 5.31. The van der Waals surface area contributed by atoms with E-state index < -0.39 is 0 Å². The van der Waals surface area contributed by atoms with Gasteiger partial charge < -0.3 is 15.2 Å². The van der Waals surface area contributed by atoms with E-state index in [-0.39, 0.29) is 24.5 Å². The summed E-state index contributed by atoms with van der Waals surface area (Å²) in [4.78, 5) is 11.6. The van der Waals surface area contributed by atoms with Gasteiger partial charge >= 0.3 is 0 Å². The third-order valence-corrected chi connectivity index (χ3v) is 3.95. The first kappa shape index (κ1) is 14.4. The van der Waals surface area contributed by atoms with Crippen LogP contribution in [-0.2, 0) is 4.79 Å². The molecule has 1 aliphatic rings. The molecule has 1 aromatic carbocycles. The third-order valence-electron chi connectivity index (χ3n) is 3.21. The van der Waals surface area contributed by atoms with Crippen LogP contribution >= 0.6 is 23.2 Å². The van der Waals surface area contributed by atoms with Crippen LogP contribution in [0.25, 0.3) is 0 Å². The maximum atomic E-state index is 11.6. The number of carbonyl (C=O) groups excluding carboxylic acids is 1. The summed E-state index contributed by atoms with van der Waals surface area (Å²) in [5.41, 5.74) is -0.0980. The fourth-order valence-electron chi connectivity index (χ4n) is 1.62. The highest BCUT2D eigenvalue weighted by atomic mass is 35.5. The minimum absolute atomic E-state index is 0.0839. The van der Waals surface area contributed by atoms with E-state index in [9.17, 15) is 4.79 Å². The first-order chi connectivity index (χ1) is 9.04. The van der Waals surface area contributed by atoms with Crippen LogP contribution in [0.5, 0.6) is 5.75 Å². The van der Waals surface area contributed by atoms with Crippen molar-refractivity contribution in [3.63, 3.8) is 0 Å². The third kappa shape index (κ3) is 4.00. The molecule has 19 heavy (non-hydrogen) atoms. The summed E-state index contributed by atoms with van der Waals surface area (Å²) in [6.45, 7) is 0.521. The maximum Gasteiger partial charge on any atom is 0.257 e. The Morgan fingerprint density at radius 1 is 1.37 bits per heavy atom. The second kappa shape index (κ2) is 5.99. The Labute approximate surface area is 121 Å². The highest BCUT2D eigenvalue weighted by Gasteiger charge is 2.42. The number of aliphatic hydroxyl groups is 1. The normalized spacial score (nSPS) is 15.9. The van der Waals surface area contributed by atoms with Crippen molar-refractivity contribution in [1.82, 2.24) is 5.32 Å². The number of hydrogen-bond donors (Lipinski definition) is 2. The molecule has 1 fully saturated rings. The van der Waals surface area contributed by atoms with Crippen molar-refractivity contribution in [3.8, 4) is 5.75 Å². The van der Waals surface area contributed by atoms with Crippen molar-refractivity contribution in [2.45, 2.75) is 12.8 Å². The van der Waals surface area contributed by atoms with Crippen molar-refractivity contribution in [1.29, 1.82) is 0 Å². The largest absolute Gasteiger partial charge is 0.484 e. The number of halogens is 2. The molecule has 0 aromatic heterocycles. The smallest absolute Gasteiger partial charge is 0.257 e. The van der Waals surface area contributed by atoms with E-state index in [1.54, 1.807) is 18.2 Å². The van der Waals surface area contributed by atoms with Gasteiger partial charge in [0.05, 0.1) is 16.7 Å². The number of ether oxygens (including phenoxy) is 1. The Morgan fingerprint density at radius 2 is 2.11 bits per heavy atom. The van der Waals surface area contributed by atoms with E-state index in [0.29, 0.717) is 22.3 Å². The zero-order valence-electron chi connectivity index (χ0n) is 10.3. The topological polar surface area (TPSA) is 58.6 Å². The zero-order valence-corrected chi connectivity index (χ0v) is 11.8. The van der Waals surface area contributed by atoms with E-state index in [0.717, 1.165) is 12.8 Å². The molecule has 1 saturated carbocycles. The lowest BCUT2D eigenvalue weighted by atomic mass is 10.1. The molecule has 1 amide bonds. The molecule has 0 aliphatic heterocycles. The Bertz CT molecular complexity index is 475. The fraction of sp³-hybridized carbons (Fsp3) is 0.462. The number of amides is 1. The van der Waals surface area contributed by atoms with Crippen LogP contribution < -0.4 is 10.1 Å². The molecule has 6 heteroatoms. The molecule has 0 radical (unpaired) electrons. The highest BCUT2D eigenvalue weighted by molar-refractivity contribution is 6.42. The number of nitrogens with one attached hydrogen (secondary N) is 1. The van der Waals surface area contributed by atoms with Crippen LogP contribution in [0.15, 0.2) is 18.2 Å². The van der Waals surface area contributed by atoms with Gasteiger partial charge in [0.25, 0.3) is 5.91 Å². The maximum absolute atomic E-state index is 11.6. The summed E-state index contributed by atoms with van der Waals surface area (Å²) in [6.07, 6.45) is 1.91. The van der Waals surface area contributed by atoms with Gasteiger partial charge in [0.2, 0.25) is 0 Å². The zero-order chi connectivity index (χ0) is 13.9. The van der Waals surface area contributed by atoms with E-state index >= 15 is 0 Å². The summed E-state index contributed by atoms with van der Waals surface area (Å²) >= 11 is 11.6. The second-order valence-electron chi connectivity index (χ2n) is 4.80. The summed E-state index contributed by atoms with van der Waals surface area (Å²) in [6, 6.07) is 4.83. The lowest BCUT2D eigenvalue weighted by Crippen LogP contribution is -2.35. The highest BCUT2D eigenvalue weighted by Crippen LogP contribution is 2.44. The van der Waals surface area contributed by atoms with Crippen molar-refractivity contribution in [2.24, 2.45) is 5.41 Å². The number of aliphatic hydroxyl groups excluding tert-OH is 1. The molecule has 4 nitrogen and oxygen atoms in total. The van der Waals surface area contributed by atoms with Gasteiger partial charge in [-0.05, 0) is 25.0 Å². The van der Waals surface area contributed by atoms with Gasteiger partial charge in [-0.25, -0.2) is 0 Å². The first-order valence-electron chi connectivity index (χ1n) is 6.00. The summed E-state index contributed by atoms with van der Waals surface area (Å²) in [7, 11) is 0. The SMILES string of the molecule is O=C(COc1ccc(Cl)c(Cl)c1)NCC1(CO)CC1. The van der Waals surface area contributed by atoms with E-state index in [4.69, 9.17) is 33.0 Å². The second-order valence-corrected chi connectivity index (χ2v) is 5.61. The molecule has 104 valence electrons. The predicted octanol–water partition coefficient (Wildman–Crippen LogP) is 2.26. The summed E-state index contributed by atoms with van der Waals surface area (Å²) in [5.74, 6) is 0.277. The Kier molecular flexibility index (Phi) is 4.55. The molecule has 1 aromatic rings. The molecule has 0 atom stereocenters. The summed E-state index contributed by atoms with van der Waals surface area (Å²) in [5, 5.41) is 12.7. The van der Waals surface area contributed by atoms with E-state index in [2.05, 4.69) is 5.32 Å². The Morgan fingerprint density at radius 3 is 2.68 bits per heavy atom. The monoisotopic (exact) mass is 303 g/mol. The van der Waals surface area contributed by atoms with Gasteiger partial charge in [0, 0.05) is 18.0 Å². The molecule has 0 spiro atoms. The Hall–Kier alpha value is -0.970. The lowest BCUT2D eigenvalue weighted by molar-refractivity contribution is -0.123. The van der Waals surface area contributed by atoms with Gasteiger partial charge in [-0.3, -0.25) is 4.79 Å². The Balaban J connectivity index is 1.75. The van der Waals surface area contributed by atoms with E-state index in [1.807, 2.05) is 0 Å². The van der Waals surface area contributed by atoms with E-state index in [1.165, 1.54) is 0 Å². The quantitative estimate of drug-likeness (QED) is 0.847. The van der Waals surface area contributed by atoms with Crippen molar-refractivity contribution < 1.29 is 14.6 Å². The van der Waals surface area contributed by atoms with Crippen molar-refractivity contribution >= 4 is 29.1 Å².